The van der Waals surface area contributed by atoms with Gasteiger partial charge >= 0.3 is 5.97 Å². The molecule has 0 bridgehead atoms. The van der Waals surface area contributed by atoms with Crippen LogP contribution in [0.5, 0.6) is 5.75 Å². The maximum absolute atomic E-state index is 12.2. The average Bonchev–Trinajstić information content (AvgIpc) is 3.13. The zero-order valence-electron chi connectivity index (χ0n) is 16.7. The summed E-state index contributed by atoms with van der Waals surface area (Å²) in [6.45, 7) is 8.05. The van der Waals surface area contributed by atoms with E-state index >= 15 is 0 Å². The van der Waals surface area contributed by atoms with Crippen molar-refractivity contribution in [2.24, 2.45) is 17.2 Å². The third-order valence-electron chi connectivity index (χ3n) is 5.97. The van der Waals surface area contributed by atoms with Crippen LogP contribution in [0.3, 0.4) is 0 Å². The van der Waals surface area contributed by atoms with Crippen molar-refractivity contribution in [3.05, 3.63) is 40.3 Å². The van der Waals surface area contributed by atoms with Gasteiger partial charge in [0.2, 0.25) is 0 Å². The van der Waals surface area contributed by atoms with Crippen LogP contribution in [0, 0.1) is 11.3 Å². The first-order valence-corrected chi connectivity index (χ1v) is 10.7. The number of carbonyl (C=O) groups is 1. The predicted molar refractivity (Wildman–Crippen MR) is 112 cm³/mol. The average molecular weight is 401 g/mol. The van der Waals surface area contributed by atoms with Gasteiger partial charge in [-0.3, -0.25) is 5.84 Å². The van der Waals surface area contributed by atoms with E-state index < -0.39 is 5.97 Å². The topological polar surface area (TPSA) is 75.8 Å². The molecule has 6 heteroatoms. The minimum atomic E-state index is -0.845. The van der Waals surface area contributed by atoms with Gasteiger partial charge in [0.05, 0.1) is 17.0 Å². The highest BCUT2D eigenvalue weighted by Crippen LogP contribution is 2.47. The molecule has 1 saturated heterocycles. The molecule has 2 heterocycles. The lowest BCUT2D eigenvalue weighted by atomic mass is 9.76. The number of aryl methyl sites for hydroxylation is 1. The van der Waals surface area contributed by atoms with Crippen LogP contribution in [0.25, 0.3) is 10.4 Å². The SMILES string of the molecule is C[C@@H]1CN(N)C[C@@H]1Oc1ccccc1-c1sc2c(c1C(=O)O)CC(C)(C)CC2. The van der Waals surface area contributed by atoms with Crippen molar-refractivity contribution < 1.29 is 14.6 Å². The van der Waals surface area contributed by atoms with Crippen LogP contribution in [0.4, 0.5) is 0 Å². The second kappa shape index (κ2) is 7.17. The summed E-state index contributed by atoms with van der Waals surface area (Å²) in [5.74, 6) is 6.18. The Hall–Kier alpha value is -1.89. The largest absolute Gasteiger partial charge is 0.488 e. The van der Waals surface area contributed by atoms with E-state index in [1.54, 1.807) is 16.3 Å². The van der Waals surface area contributed by atoms with Crippen molar-refractivity contribution in [2.45, 2.75) is 46.1 Å². The molecule has 1 fully saturated rings. The Balaban J connectivity index is 1.76. The Labute approximate surface area is 170 Å². The first-order chi connectivity index (χ1) is 13.2. The number of aromatic carboxylic acids is 1. The van der Waals surface area contributed by atoms with Crippen molar-refractivity contribution in [2.75, 3.05) is 13.1 Å². The maximum atomic E-state index is 12.2. The van der Waals surface area contributed by atoms with Gasteiger partial charge in [-0.05, 0) is 42.4 Å². The van der Waals surface area contributed by atoms with E-state index in [1.807, 2.05) is 24.3 Å². The number of rotatable bonds is 4. The normalized spacial score (nSPS) is 24.1. The van der Waals surface area contributed by atoms with Gasteiger partial charge in [-0.15, -0.1) is 11.3 Å². The molecule has 2 atom stereocenters. The summed E-state index contributed by atoms with van der Waals surface area (Å²) in [5, 5.41) is 11.8. The minimum Gasteiger partial charge on any atom is -0.488 e. The molecule has 0 radical (unpaired) electrons. The Morgan fingerprint density at radius 1 is 1.32 bits per heavy atom. The molecule has 1 aliphatic heterocycles. The Morgan fingerprint density at radius 3 is 2.75 bits per heavy atom. The highest BCUT2D eigenvalue weighted by molar-refractivity contribution is 7.16. The molecule has 1 aromatic heterocycles. The molecule has 1 aromatic carbocycles. The smallest absolute Gasteiger partial charge is 0.337 e. The maximum Gasteiger partial charge on any atom is 0.337 e. The molecule has 3 N–H and O–H groups in total. The molecule has 0 unspecified atom stereocenters. The number of ether oxygens (including phenoxy) is 1. The predicted octanol–water partition coefficient (Wildman–Crippen LogP) is 4.20. The van der Waals surface area contributed by atoms with E-state index in [0.29, 0.717) is 18.0 Å². The van der Waals surface area contributed by atoms with Gasteiger partial charge in [-0.25, -0.2) is 9.80 Å². The van der Waals surface area contributed by atoms with E-state index in [0.717, 1.165) is 47.6 Å². The fourth-order valence-corrected chi connectivity index (χ4v) is 5.72. The van der Waals surface area contributed by atoms with Crippen molar-refractivity contribution in [3.8, 4) is 16.2 Å². The van der Waals surface area contributed by atoms with Gasteiger partial charge in [0, 0.05) is 22.9 Å². The van der Waals surface area contributed by atoms with Crippen molar-refractivity contribution >= 4 is 17.3 Å². The number of nitrogens with zero attached hydrogens (tertiary/aromatic N) is 1. The molecule has 0 amide bonds. The molecule has 28 heavy (non-hydrogen) atoms. The molecule has 1 aliphatic carbocycles. The molecule has 0 spiro atoms. The molecule has 2 aromatic rings. The third-order valence-corrected chi connectivity index (χ3v) is 7.30. The lowest BCUT2D eigenvalue weighted by Crippen LogP contribution is -2.30. The lowest BCUT2D eigenvalue weighted by molar-refractivity contribution is 0.0696. The number of hydrogen-bond acceptors (Lipinski definition) is 5. The van der Waals surface area contributed by atoms with Crippen LogP contribution in [0.2, 0.25) is 0 Å². The summed E-state index contributed by atoms with van der Waals surface area (Å²) in [7, 11) is 0. The van der Waals surface area contributed by atoms with E-state index in [-0.39, 0.29) is 11.5 Å². The van der Waals surface area contributed by atoms with Crippen LogP contribution >= 0.6 is 11.3 Å². The number of carboxylic acids is 1. The first kappa shape index (κ1) is 19.4. The van der Waals surface area contributed by atoms with Crippen molar-refractivity contribution in [3.63, 3.8) is 0 Å². The highest BCUT2D eigenvalue weighted by atomic mass is 32.1. The van der Waals surface area contributed by atoms with Gasteiger partial charge in [-0.2, -0.15) is 0 Å². The van der Waals surface area contributed by atoms with Gasteiger partial charge in [0.15, 0.2) is 0 Å². The van der Waals surface area contributed by atoms with E-state index in [1.165, 1.54) is 4.88 Å². The third kappa shape index (κ3) is 3.56. The highest BCUT2D eigenvalue weighted by Gasteiger charge is 2.34. The Bertz CT molecular complexity index is 905. The number of para-hydroxylation sites is 1. The second-order valence-corrected chi connectivity index (χ2v) is 10.0. The molecule has 0 saturated carbocycles. The number of hydrazine groups is 1. The monoisotopic (exact) mass is 400 g/mol. The number of thiophene rings is 1. The summed E-state index contributed by atoms with van der Waals surface area (Å²) < 4.78 is 6.34. The summed E-state index contributed by atoms with van der Waals surface area (Å²) >= 11 is 1.62. The Kier molecular flexibility index (Phi) is 4.98. The van der Waals surface area contributed by atoms with Gasteiger partial charge in [0.1, 0.15) is 11.9 Å². The van der Waals surface area contributed by atoms with Gasteiger partial charge < -0.3 is 9.84 Å². The summed E-state index contributed by atoms with van der Waals surface area (Å²) in [4.78, 5) is 14.3. The number of fused-ring (bicyclic) bond motifs is 1. The van der Waals surface area contributed by atoms with E-state index in [9.17, 15) is 9.90 Å². The van der Waals surface area contributed by atoms with Gasteiger partial charge in [0.25, 0.3) is 0 Å². The summed E-state index contributed by atoms with van der Waals surface area (Å²) in [5.41, 5.74) is 2.49. The van der Waals surface area contributed by atoms with Crippen LogP contribution in [0.15, 0.2) is 24.3 Å². The molecular weight excluding hydrogens is 372 g/mol. The van der Waals surface area contributed by atoms with Crippen LogP contribution in [0.1, 0.15) is 48.0 Å². The molecule has 5 nitrogen and oxygen atoms in total. The molecule has 150 valence electrons. The van der Waals surface area contributed by atoms with E-state index in [4.69, 9.17) is 10.6 Å². The zero-order chi connectivity index (χ0) is 20.1. The van der Waals surface area contributed by atoms with Crippen LogP contribution in [-0.2, 0) is 12.8 Å². The van der Waals surface area contributed by atoms with Gasteiger partial charge in [-0.1, -0.05) is 32.9 Å². The first-order valence-electron chi connectivity index (χ1n) is 9.89. The van der Waals surface area contributed by atoms with Crippen molar-refractivity contribution in [1.82, 2.24) is 5.01 Å². The quantitative estimate of drug-likeness (QED) is 0.752. The lowest BCUT2D eigenvalue weighted by Gasteiger charge is -2.29. The molecule has 2 aliphatic rings. The van der Waals surface area contributed by atoms with Crippen molar-refractivity contribution in [1.29, 1.82) is 0 Å². The number of benzene rings is 1. The minimum absolute atomic E-state index is 0.00736. The fourth-order valence-electron chi connectivity index (χ4n) is 4.38. The molecular formula is C22H28N2O3S. The Morgan fingerprint density at radius 2 is 2.07 bits per heavy atom. The summed E-state index contributed by atoms with van der Waals surface area (Å²) in [6, 6.07) is 7.80. The fraction of sp³-hybridized carbons (Fsp3) is 0.500. The summed E-state index contributed by atoms with van der Waals surface area (Å²) in [6.07, 6.45) is 2.85. The number of nitrogens with two attached hydrogens (primary N) is 1. The van der Waals surface area contributed by atoms with Crippen LogP contribution < -0.4 is 10.6 Å². The standard InChI is InChI=1S/C22H28N2O3S/c1-13-11-24(23)12-17(13)27-16-7-5-4-6-14(16)20-19(21(25)26)15-10-22(2,3)9-8-18(15)28-20/h4-7,13,17H,8-12,23H2,1-3H3,(H,25,26)/t13-,17+/m1/s1. The van der Waals surface area contributed by atoms with Crippen LogP contribution in [-0.4, -0.2) is 35.3 Å². The zero-order valence-corrected chi connectivity index (χ0v) is 17.5. The number of hydrogen-bond donors (Lipinski definition) is 2. The second-order valence-electron chi connectivity index (χ2n) is 8.94. The van der Waals surface area contributed by atoms with E-state index in [2.05, 4.69) is 20.8 Å². The number of carboxylic acid groups (broad SMARTS) is 1. The molecule has 4 rings (SSSR count).